The average Bonchev–Trinajstić information content (AvgIpc) is 2.89. The number of carbonyl (C=O) groups is 2. The number of likely N-dealkylation sites (tertiary alicyclic amines) is 1. The molecule has 1 aliphatic rings. The summed E-state index contributed by atoms with van der Waals surface area (Å²) in [5.41, 5.74) is -0.478. The predicted octanol–water partition coefficient (Wildman–Crippen LogP) is 3.40. The van der Waals surface area contributed by atoms with E-state index >= 15 is 0 Å². The highest BCUT2D eigenvalue weighted by molar-refractivity contribution is 5.98. The molecule has 1 unspecified atom stereocenters. The molecule has 6 heteroatoms. The van der Waals surface area contributed by atoms with Gasteiger partial charge in [-0.2, -0.15) is 0 Å². The van der Waals surface area contributed by atoms with Gasteiger partial charge in [0.15, 0.2) is 17.4 Å². The summed E-state index contributed by atoms with van der Waals surface area (Å²) < 4.78 is 31.4. The molecule has 2 rings (SSSR count). The van der Waals surface area contributed by atoms with Crippen LogP contribution in [-0.4, -0.2) is 35.5 Å². The molecular formula is C16H19F2NO3. The number of hydrogen-bond donors (Lipinski definition) is 0. The molecule has 4 nitrogen and oxygen atoms in total. The van der Waals surface area contributed by atoms with Crippen molar-refractivity contribution in [1.82, 2.24) is 4.90 Å². The topological polar surface area (TPSA) is 46.6 Å². The number of benzene rings is 1. The highest BCUT2D eigenvalue weighted by Gasteiger charge is 2.33. The fourth-order valence-corrected chi connectivity index (χ4v) is 2.35. The third-order valence-electron chi connectivity index (χ3n) is 3.41. The molecule has 1 heterocycles. The van der Waals surface area contributed by atoms with E-state index in [0.29, 0.717) is 13.0 Å². The second-order valence-electron chi connectivity index (χ2n) is 6.41. The second kappa shape index (κ2) is 6.02. The Kier molecular flexibility index (Phi) is 4.49. The lowest BCUT2D eigenvalue weighted by molar-refractivity contribution is 0.0289. The number of rotatable bonds is 2. The number of nitrogens with zero attached hydrogens (tertiary/aromatic N) is 1. The van der Waals surface area contributed by atoms with E-state index in [1.807, 2.05) is 0 Å². The van der Waals surface area contributed by atoms with E-state index in [4.69, 9.17) is 4.74 Å². The molecule has 1 amide bonds. The number of hydrogen-bond acceptors (Lipinski definition) is 3. The summed E-state index contributed by atoms with van der Waals surface area (Å²) in [5, 5.41) is 0. The van der Waals surface area contributed by atoms with Crippen LogP contribution in [0.25, 0.3) is 0 Å². The van der Waals surface area contributed by atoms with Crippen LogP contribution in [0.2, 0.25) is 0 Å². The molecule has 1 saturated heterocycles. The molecule has 22 heavy (non-hydrogen) atoms. The molecule has 1 aromatic rings. The van der Waals surface area contributed by atoms with Gasteiger partial charge in [-0.1, -0.05) is 0 Å². The fraction of sp³-hybridized carbons (Fsp3) is 0.500. The van der Waals surface area contributed by atoms with E-state index in [9.17, 15) is 18.4 Å². The SMILES string of the molecule is CC(C)(C)OC(=O)N1CCC(C(=O)c2ccc(F)c(F)c2)C1. The third-order valence-corrected chi connectivity index (χ3v) is 3.41. The smallest absolute Gasteiger partial charge is 0.410 e. The normalized spacial score (nSPS) is 18.4. The maximum Gasteiger partial charge on any atom is 0.410 e. The first-order valence-corrected chi connectivity index (χ1v) is 7.14. The minimum Gasteiger partial charge on any atom is -0.444 e. The minimum atomic E-state index is -1.05. The van der Waals surface area contributed by atoms with Crippen LogP contribution in [0, 0.1) is 17.6 Å². The summed E-state index contributed by atoms with van der Waals surface area (Å²) in [5.74, 6) is -2.74. The van der Waals surface area contributed by atoms with Crippen LogP contribution in [0.5, 0.6) is 0 Å². The Bertz CT molecular complexity index is 596. The first kappa shape index (κ1) is 16.4. The third kappa shape index (κ3) is 3.81. The number of halogens is 2. The number of ketones is 1. The maximum atomic E-state index is 13.2. The molecule has 1 aromatic carbocycles. The Morgan fingerprint density at radius 3 is 2.50 bits per heavy atom. The summed E-state index contributed by atoms with van der Waals surface area (Å²) in [6, 6.07) is 3.09. The Labute approximate surface area is 128 Å². The van der Waals surface area contributed by atoms with Crippen LogP contribution in [0.3, 0.4) is 0 Å². The van der Waals surface area contributed by atoms with Gasteiger partial charge in [0.2, 0.25) is 0 Å². The van der Waals surface area contributed by atoms with Crippen molar-refractivity contribution in [1.29, 1.82) is 0 Å². The number of Topliss-reactive ketones (excluding diaryl/α,β-unsaturated/α-hetero) is 1. The van der Waals surface area contributed by atoms with E-state index in [1.54, 1.807) is 20.8 Å². The highest BCUT2D eigenvalue weighted by Crippen LogP contribution is 2.23. The van der Waals surface area contributed by atoms with Crippen LogP contribution < -0.4 is 0 Å². The molecule has 0 radical (unpaired) electrons. The van der Waals surface area contributed by atoms with Crippen LogP contribution in [-0.2, 0) is 4.74 Å². The fourth-order valence-electron chi connectivity index (χ4n) is 2.35. The van der Waals surface area contributed by atoms with Gasteiger partial charge in [-0.05, 0) is 45.4 Å². The van der Waals surface area contributed by atoms with E-state index < -0.39 is 29.2 Å². The van der Waals surface area contributed by atoms with Crippen molar-refractivity contribution >= 4 is 11.9 Å². The van der Waals surface area contributed by atoms with Crippen molar-refractivity contribution < 1.29 is 23.1 Å². The number of amides is 1. The van der Waals surface area contributed by atoms with Crippen LogP contribution in [0.15, 0.2) is 18.2 Å². The first-order valence-electron chi connectivity index (χ1n) is 7.14. The van der Waals surface area contributed by atoms with Gasteiger partial charge in [0.05, 0.1) is 0 Å². The molecule has 0 spiro atoms. The van der Waals surface area contributed by atoms with Crippen molar-refractivity contribution in [2.45, 2.75) is 32.8 Å². The quantitative estimate of drug-likeness (QED) is 0.786. The number of ether oxygens (including phenoxy) is 1. The van der Waals surface area contributed by atoms with Gasteiger partial charge < -0.3 is 9.64 Å². The van der Waals surface area contributed by atoms with Crippen molar-refractivity contribution in [2.24, 2.45) is 5.92 Å². The van der Waals surface area contributed by atoms with Gasteiger partial charge in [-0.15, -0.1) is 0 Å². The molecule has 0 N–H and O–H groups in total. The molecule has 1 aliphatic heterocycles. The lowest BCUT2D eigenvalue weighted by Crippen LogP contribution is -2.35. The molecule has 120 valence electrons. The van der Waals surface area contributed by atoms with Crippen molar-refractivity contribution in [2.75, 3.05) is 13.1 Å². The van der Waals surface area contributed by atoms with Crippen molar-refractivity contribution in [3.63, 3.8) is 0 Å². The average molecular weight is 311 g/mol. The van der Waals surface area contributed by atoms with Gasteiger partial charge in [-0.3, -0.25) is 4.79 Å². The Hall–Kier alpha value is -1.98. The van der Waals surface area contributed by atoms with Gasteiger partial charge in [0, 0.05) is 24.6 Å². The lowest BCUT2D eigenvalue weighted by Gasteiger charge is -2.24. The predicted molar refractivity (Wildman–Crippen MR) is 76.6 cm³/mol. The molecular weight excluding hydrogens is 292 g/mol. The highest BCUT2D eigenvalue weighted by atomic mass is 19.2. The van der Waals surface area contributed by atoms with Gasteiger partial charge in [0.1, 0.15) is 5.60 Å². The minimum absolute atomic E-state index is 0.120. The van der Waals surface area contributed by atoms with Gasteiger partial charge >= 0.3 is 6.09 Å². The van der Waals surface area contributed by atoms with Crippen molar-refractivity contribution in [3.8, 4) is 0 Å². The zero-order chi connectivity index (χ0) is 16.5. The monoisotopic (exact) mass is 311 g/mol. The molecule has 0 saturated carbocycles. The Morgan fingerprint density at radius 1 is 1.23 bits per heavy atom. The van der Waals surface area contributed by atoms with Gasteiger partial charge in [-0.25, -0.2) is 13.6 Å². The van der Waals surface area contributed by atoms with Crippen LogP contribution in [0.1, 0.15) is 37.6 Å². The molecule has 0 aliphatic carbocycles. The lowest BCUT2D eigenvalue weighted by atomic mass is 9.97. The molecule has 1 fully saturated rings. The summed E-state index contributed by atoms with van der Waals surface area (Å²) in [7, 11) is 0. The van der Waals surface area contributed by atoms with Crippen LogP contribution in [0.4, 0.5) is 13.6 Å². The summed E-state index contributed by atoms with van der Waals surface area (Å²) in [6.45, 7) is 5.95. The zero-order valence-corrected chi connectivity index (χ0v) is 12.9. The largest absolute Gasteiger partial charge is 0.444 e. The Morgan fingerprint density at radius 2 is 1.91 bits per heavy atom. The summed E-state index contributed by atoms with van der Waals surface area (Å²) in [6.07, 6.45) is 0.0185. The summed E-state index contributed by atoms with van der Waals surface area (Å²) in [4.78, 5) is 25.7. The van der Waals surface area contributed by atoms with Crippen LogP contribution >= 0.6 is 0 Å². The van der Waals surface area contributed by atoms with E-state index in [0.717, 1.165) is 12.1 Å². The first-order chi connectivity index (χ1) is 10.2. The summed E-state index contributed by atoms with van der Waals surface area (Å²) >= 11 is 0. The molecule has 0 bridgehead atoms. The second-order valence-corrected chi connectivity index (χ2v) is 6.41. The zero-order valence-electron chi connectivity index (χ0n) is 12.9. The molecule has 1 atom stereocenters. The maximum absolute atomic E-state index is 13.2. The Balaban J connectivity index is 2.02. The number of carbonyl (C=O) groups excluding carboxylic acids is 2. The van der Waals surface area contributed by atoms with E-state index in [-0.39, 0.29) is 17.9 Å². The molecule has 0 aromatic heterocycles. The standard InChI is InChI=1S/C16H19F2NO3/c1-16(2,3)22-15(21)19-7-6-11(9-19)14(20)10-4-5-12(17)13(18)8-10/h4-5,8,11H,6-7,9H2,1-3H3. The van der Waals surface area contributed by atoms with E-state index in [1.165, 1.54) is 11.0 Å². The van der Waals surface area contributed by atoms with E-state index in [2.05, 4.69) is 0 Å². The van der Waals surface area contributed by atoms with Gasteiger partial charge in [0.25, 0.3) is 0 Å². The van der Waals surface area contributed by atoms with Crippen molar-refractivity contribution in [3.05, 3.63) is 35.4 Å².